The van der Waals surface area contributed by atoms with Crippen LogP contribution in [-0.4, -0.2) is 34.9 Å². The van der Waals surface area contributed by atoms with Crippen LogP contribution in [0.2, 0.25) is 0 Å². The van der Waals surface area contributed by atoms with Crippen molar-refractivity contribution in [3.05, 3.63) is 24.3 Å². The topological polar surface area (TPSA) is 59.9 Å². The fourth-order valence-corrected chi connectivity index (χ4v) is 1.32. The number of para-hydroxylation sites is 1. The van der Waals surface area contributed by atoms with Gasteiger partial charge in [0.2, 0.25) is 0 Å². The number of hydrogen-bond donors (Lipinski definition) is 1. The van der Waals surface area contributed by atoms with E-state index in [0.29, 0.717) is 12.6 Å². The highest BCUT2D eigenvalue weighted by Crippen LogP contribution is 2.09. The van der Waals surface area contributed by atoms with Gasteiger partial charge in [0.05, 0.1) is 5.52 Å². The van der Waals surface area contributed by atoms with Crippen molar-refractivity contribution in [1.82, 2.24) is 20.5 Å². The van der Waals surface area contributed by atoms with Gasteiger partial charge in [0, 0.05) is 6.54 Å². The van der Waals surface area contributed by atoms with Gasteiger partial charge in [-0.25, -0.2) is 0 Å². The zero-order valence-corrected chi connectivity index (χ0v) is 9.18. The first-order valence-electron chi connectivity index (χ1n) is 5.33. The molecule has 1 aromatic heterocycles. The molecular formula is C11H14N4O. The van der Waals surface area contributed by atoms with Crippen LogP contribution in [0.4, 0.5) is 0 Å². The Morgan fingerprint density at radius 1 is 1.19 bits per heavy atom. The van der Waals surface area contributed by atoms with Crippen LogP contribution < -0.4 is 10.1 Å². The largest absolute Gasteiger partial charge is 0.461 e. The zero-order chi connectivity index (χ0) is 11.2. The van der Waals surface area contributed by atoms with E-state index in [2.05, 4.69) is 20.5 Å². The van der Waals surface area contributed by atoms with E-state index in [0.717, 1.165) is 24.1 Å². The Morgan fingerprint density at radius 2 is 2.00 bits per heavy atom. The highest BCUT2D eigenvalue weighted by Gasteiger charge is 2.00. The van der Waals surface area contributed by atoms with E-state index in [-0.39, 0.29) is 0 Å². The summed E-state index contributed by atoms with van der Waals surface area (Å²) in [5.41, 5.74) is 1.58. The summed E-state index contributed by atoms with van der Waals surface area (Å²) in [5.74, 6) is 0. The van der Waals surface area contributed by atoms with Crippen LogP contribution in [0.15, 0.2) is 24.3 Å². The predicted molar refractivity (Wildman–Crippen MR) is 61.4 cm³/mol. The smallest absolute Gasteiger partial charge is 0.336 e. The van der Waals surface area contributed by atoms with Gasteiger partial charge in [0.25, 0.3) is 0 Å². The molecule has 0 bridgehead atoms. The highest BCUT2D eigenvalue weighted by molar-refractivity contribution is 5.73. The maximum absolute atomic E-state index is 5.37. The van der Waals surface area contributed by atoms with Crippen molar-refractivity contribution in [3.63, 3.8) is 0 Å². The third kappa shape index (κ3) is 2.64. The third-order valence-electron chi connectivity index (χ3n) is 2.10. The van der Waals surface area contributed by atoms with E-state index < -0.39 is 0 Å². The minimum Gasteiger partial charge on any atom is -0.461 e. The Hall–Kier alpha value is -1.75. The summed E-state index contributed by atoms with van der Waals surface area (Å²) in [5, 5.41) is 11.1. The van der Waals surface area contributed by atoms with Crippen LogP contribution in [0, 0.1) is 0 Å². The number of benzene rings is 1. The first-order chi connectivity index (χ1) is 7.90. The summed E-state index contributed by atoms with van der Waals surface area (Å²) in [6, 6.07) is 7.92. The van der Waals surface area contributed by atoms with Crippen LogP contribution in [0.1, 0.15) is 6.92 Å². The van der Waals surface area contributed by atoms with Gasteiger partial charge in [-0.3, -0.25) is 0 Å². The number of ether oxygens (including phenoxy) is 1. The summed E-state index contributed by atoms with van der Waals surface area (Å²) in [4.78, 5) is 4.25. The van der Waals surface area contributed by atoms with Crippen molar-refractivity contribution < 1.29 is 4.74 Å². The van der Waals surface area contributed by atoms with Gasteiger partial charge in [-0.1, -0.05) is 24.2 Å². The van der Waals surface area contributed by atoms with Gasteiger partial charge in [0.15, 0.2) is 0 Å². The van der Waals surface area contributed by atoms with Crippen LogP contribution >= 0.6 is 0 Å². The molecule has 0 spiro atoms. The summed E-state index contributed by atoms with van der Waals surface area (Å²) < 4.78 is 5.37. The maximum Gasteiger partial charge on any atom is 0.336 e. The molecule has 1 aromatic carbocycles. The molecule has 2 rings (SSSR count). The Morgan fingerprint density at radius 3 is 2.81 bits per heavy atom. The van der Waals surface area contributed by atoms with Crippen molar-refractivity contribution in [2.45, 2.75) is 6.92 Å². The Balaban J connectivity index is 2.02. The van der Waals surface area contributed by atoms with Crippen molar-refractivity contribution in [2.24, 2.45) is 0 Å². The van der Waals surface area contributed by atoms with E-state index in [9.17, 15) is 0 Å². The van der Waals surface area contributed by atoms with Crippen LogP contribution in [0.3, 0.4) is 0 Å². The minimum atomic E-state index is 0.330. The van der Waals surface area contributed by atoms with Crippen LogP contribution in [-0.2, 0) is 0 Å². The third-order valence-corrected chi connectivity index (χ3v) is 2.10. The molecule has 2 aromatic rings. The summed E-state index contributed by atoms with van der Waals surface area (Å²) in [6.07, 6.45) is 0. The van der Waals surface area contributed by atoms with E-state index in [1.54, 1.807) is 0 Å². The molecule has 0 unspecified atom stereocenters. The number of aromatic nitrogens is 3. The number of nitrogens with zero attached hydrogens (tertiary/aromatic N) is 3. The Bertz CT molecular complexity index is 460. The quantitative estimate of drug-likeness (QED) is 0.759. The molecule has 5 heteroatoms. The molecule has 84 valence electrons. The van der Waals surface area contributed by atoms with Gasteiger partial charge >= 0.3 is 6.01 Å². The highest BCUT2D eigenvalue weighted by atomic mass is 16.5. The van der Waals surface area contributed by atoms with Gasteiger partial charge in [-0.15, -0.1) is 5.10 Å². The van der Waals surface area contributed by atoms with Crippen LogP contribution in [0.25, 0.3) is 11.0 Å². The molecule has 0 saturated heterocycles. The standard InChI is InChI=1S/C11H14N4O/c1-2-12-7-8-16-11-13-9-5-3-4-6-10(9)14-15-11/h3-6,12H,2,7-8H2,1H3. The number of likely N-dealkylation sites (N-methyl/N-ethyl adjacent to an activating group) is 1. The van der Waals surface area contributed by atoms with Crippen molar-refractivity contribution >= 4 is 11.0 Å². The average molecular weight is 218 g/mol. The second-order valence-electron chi connectivity index (χ2n) is 3.29. The van der Waals surface area contributed by atoms with Gasteiger partial charge in [0.1, 0.15) is 12.1 Å². The lowest BCUT2D eigenvalue weighted by Gasteiger charge is -2.04. The summed E-state index contributed by atoms with van der Waals surface area (Å²) in [6.45, 7) is 4.31. The first kappa shape index (κ1) is 10.8. The molecule has 1 heterocycles. The maximum atomic E-state index is 5.37. The lowest BCUT2D eigenvalue weighted by atomic mass is 10.3. The monoisotopic (exact) mass is 218 g/mol. The van der Waals surface area contributed by atoms with E-state index >= 15 is 0 Å². The molecule has 0 radical (unpaired) electrons. The van der Waals surface area contributed by atoms with Crippen LogP contribution in [0.5, 0.6) is 6.01 Å². The van der Waals surface area contributed by atoms with Crippen molar-refractivity contribution in [2.75, 3.05) is 19.7 Å². The molecule has 0 aliphatic carbocycles. The fraction of sp³-hybridized carbons (Fsp3) is 0.364. The second kappa shape index (κ2) is 5.37. The molecule has 0 atom stereocenters. The van der Waals surface area contributed by atoms with Gasteiger partial charge in [-0.05, 0) is 18.7 Å². The molecule has 0 saturated carbocycles. The molecule has 0 aliphatic heterocycles. The number of hydrogen-bond acceptors (Lipinski definition) is 5. The van der Waals surface area contributed by atoms with Gasteiger partial charge in [-0.2, -0.15) is 4.98 Å². The lowest BCUT2D eigenvalue weighted by molar-refractivity contribution is 0.289. The second-order valence-corrected chi connectivity index (χ2v) is 3.29. The minimum absolute atomic E-state index is 0.330. The van der Waals surface area contributed by atoms with E-state index in [1.165, 1.54) is 0 Å². The molecule has 1 N–H and O–H groups in total. The zero-order valence-electron chi connectivity index (χ0n) is 9.18. The summed E-state index contributed by atoms with van der Waals surface area (Å²) >= 11 is 0. The normalized spacial score (nSPS) is 10.6. The molecule has 5 nitrogen and oxygen atoms in total. The number of fused-ring (bicyclic) bond motifs is 1. The lowest BCUT2D eigenvalue weighted by Crippen LogP contribution is -2.20. The SMILES string of the molecule is CCNCCOc1nnc2ccccc2n1. The molecule has 16 heavy (non-hydrogen) atoms. The predicted octanol–water partition coefficient (Wildman–Crippen LogP) is 1.01. The number of rotatable bonds is 5. The van der Waals surface area contributed by atoms with E-state index in [1.807, 2.05) is 31.2 Å². The van der Waals surface area contributed by atoms with E-state index in [4.69, 9.17) is 4.74 Å². The van der Waals surface area contributed by atoms with Gasteiger partial charge < -0.3 is 10.1 Å². The van der Waals surface area contributed by atoms with Crippen molar-refractivity contribution in [3.8, 4) is 6.01 Å². The summed E-state index contributed by atoms with van der Waals surface area (Å²) in [7, 11) is 0. The molecule has 0 aliphatic rings. The Kier molecular flexibility index (Phi) is 3.61. The number of nitrogens with one attached hydrogen (secondary N) is 1. The van der Waals surface area contributed by atoms with Crippen molar-refractivity contribution in [1.29, 1.82) is 0 Å². The first-order valence-corrected chi connectivity index (χ1v) is 5.33. The molecule has 0 amide bonds. The molecule has 0 fully saturated rings. The average Bonchev–Trinajstić information content (AvgIpc) is 2.34. The Labute approximate surface area is 93.9 Å². The molecular weight excluding hydrogens is 204 g/mol. The fourth-order valence-electron chi connectivity index (χ4n) is 1.32.